The number of unbranched alkanes of at least 4 members (excludes halogenated alkanes) is 1. The molecule has 0 spiro atoms. The first-order chi connectivity index (χ1) is 15.5. The molecule has 2 N–H and O–H groups in total. The van der Waals surface area contributed by atoms with Crippen molar-refractivity contribution in [1.82, 2.24) is 5.32 Å². The predicted molar refractivity (Wildman–Crippen MR) is 133 cm³/mol. The largest absolute Gasteiger partial charge is 0.371 e. The first kappa shape index (κ1) is 23.8. The lowest BCUT2D eigenvalue weighted by atomic mass is 10.0. The van der Waals surface area contributed by atoms with Crippen LogP contribution >= 0.6 is 0 Å². The smallest absolute Gasteiger partial charge is 0.255 e. The second-order valence-corrected chi connectivity index (χ2v) is 8.82. The zero-order chi connectivity index (χ0) is 22.9. The maximum absolute atomic E-state index is 13.1. The number of nitrogens with one attached hydrogen (secondary N) is 2. The number of aryl methyl sites for hydroxylation is 1. The van der Waals surface area contributed by atoms with E-state index in [1.165, 1.54) is 12.0 Å². The van der Waals surface area contributed by atoms with E-state index in [1.54, 1.807) is 0 Å². The summed E-state index contributed by atoms with van der Waals surface area (Å²) in [6, 6.07) is 13.6. The summed E-state index contributed by atoms with van der Waals surface area (Å²) in [7, 11) is 0. The fourth-order valence-electron chi connectivity index (χ4n) is 4.02. The lowest BCUT2D eigenvalue weighted by molar-refractivity contribution is 0.0938. The lowest BCUT2D eigenvalue weighted by Gasteiger charge is -2.31. The summed E-state index contributed by atoms with van der Waals surface area (Å²) in [4.78, 5) is 28.2. The van der Waals surface area contributed by atoms with E-state index in [-0.39, 0.29) is 17.9 Å². The molecule has 1 aliphatic rings. The summed E-state index contributed by atoms with van der Waals surface area (Å²) < 4.78 is 0. The third-order valence-electron chi connectivity index (χ3n) is 6.22. The number of hydrogen-bond acceptors (Lipinski definition) is 3. The Kier molecular flexibility index (Phi) is 8.72. The van der Waals surface area contributed by atoms with Crippen molar-refractivity contribution in [3.63, 3.8) is 0 Å². The number of hydrogen-bond donors (Lipinski definition) is 2. The molecule has 2 aromatic rings. The molecule has 0 saturated carbocycles. The summed E-state index contributed by atoms with van der Waals surface area (Å²) in [5, 5.41) is 6.06. The van der Waals surface area contributed by atoms with Crippen LogP contribution in [0.15, 0.2) is 42.5 Å². The van der Waals surface area contributed by atoms with E-state index in [0.29, 0.717) is 16.8 Å². The van der Waals surface area contributed by atoms with Gasteiger partial charge < -0.3 is 15.5 Å². The third-order valence-corrected chi connectivity index (χ3v) is 6.22. The highest BCUT2D eigenvalue weighted by Gasteiger charge is 2.20. The quantitative estimate of drug-likeness (QED) is 0.523. The zero-order valence-corrected chi connectivity index (χ0v) is 19.7. The number of nitrogens with zero attached hydrogens (tertiary/aromatic N) is 1. The Morgan fingerprint density at radius 1 is 0.969 bits per heavy atom. The Bertz CT molecular complexity index is 902. The molecule has 0 aliphatic carbocycles. The van der Waals surface area contributed by atoms with E-state index in [4.69, 9.17) is 0 Å². The number of carbonyl (C=O) groups excluding carboxylic acids is 2. The van der Waals surface area contributed by atoms with Gasteiger partial charge in [0.2, 0.25) is 0 Å². The summed E-state index contributed by atoms with van der Waals surface area (Å²) >= 11 is 0. The van der Waals surface area contributed by atoms with Crippen molar-refractivity contribution in [2.75, 3.05) is 23.3 Å². The number of benzene rings is 2. The fourth-order valence-corrected chi connectivity index (χ4v) is 4.02. The first-order valence-electron chi connectivity index (χ1n) is 12.1. The molecule has 2 aromatic carbocycles. The van der Waals surface area contributed by atoms with Crippen molar-refractivity contribution in [1.29, 1.82) is 0 Å². The zero-order valence-electron chi connectivity index (χ0n) is 19.7. The summed E-state index contributed by atoms with van der Waals surface area (Å²) in [6.07, 6.45) is 7.72. The van der Waals surface area contributed by atoms with Crippen LogP contribution in [-0.4, -0.2) is 30.9 Å². The molecule has 5 nitrogen and oxygen atoms in total. The molecule has 3 rings (SSSR count). The molecular formula is C27H37N3O2. The molecule has 5 heteroatoms. The molecule has 1 fully saturated rings. The standard InChI is InChI=1S/C27H37N3O2/c1-4-6-10-21-11-13-22(14-12-21)26(31)29-23-15-16-25(30-17-8-7-9-18-30)24(19-23)27(32)28-20(3)5-2/h11-16,19-20H,4-10,17-18H2,1-3H3,(H,28,32)(H,29,31)/t20-/m0/s1. The number of piperidine rings is 1. The van der Waals surface area contributed by atoms with Gasteiger partial charge in [-0.3, -0.25) is 9.59 Å². The minimum atomic E-state index is -0.161. The van der Waals surface area contributed by atoms with Crippen molar-refractivity contribution in [2.24, 2.45) is 0 Å². The van der Waals surface area contributed by atoms with Crippen LogP contribution in [0.4, 0.5) is 11.4 Å². The van der Waals surface area contributed by atoms with Crippen LogP contribution in [0, 0.1) is 0 Å². The monoisotopic (exact) mass is 435 g/mol. The van der Waals surface area contributed by atoms with E-state index in [1.807, 2.05) is 49.4 Å². The highest BCUT2D eigenvalue weighted by molar-refractivity contribution is 6.06. The molecule has 0 unspecified atom stereocenters. The molecule has 0 bridgehead atoms. The van der Waals surface area contributed by atoms with Crippen LogP contribution in [0.1, 0.15) is 85.6 Å². The third kappa shape index (κ3) is 6.35. The number of carbonyl (C=O) groups is 2. The van der Waals surface area contributed by atoms with Crippen molar-refractivity contribution in [3.05, 3.63) is 59.2 Å². The number of amides is 2. The minimum Gasteiger partial charge on any atom is -0.371 e. The van der Waals surface area contributed by atoms with Crippen molar-refractivity contribution < 1.29 is 9.59 Å². The Hall–Kier alpha value is -2.82. The van der Waals surface area contributed by atoms with E-state index >= 15 is 0 Å². The lowest BCUT2D eigenvalue weighted by Crippen LogP contribution is -2.35. The molecule has 0 radical (unpaired) electrons. The first-order valence-corrected chi connectivity index (χ1v) is 12.1. The van der Waals surface area contributed by atoms with Crippen LogP contribution in [0.2, 0.25) is 0 Å². The van der Waals surface area contributed by atoms with Crippen LogP contribution < -0.4 is 15.5 Å². The van der Waals surface area contributed by atoms with Gasteiger partial charge in [0.25, 0.3) is 11.8 Å². The van der Waals surface area contributed by atoms with Gasteiger partial charge in [-0.15, -0.1) is 0 Å². The second-order valence-electron chi connectivity index (χ2n) is 8.82. The van der Waals surface area contributed by atoms with Crippen LogP contribution in [0.5, 0.6) is 0 Å². The van der Waals surface area contributed by atoms with Crippen LogP contribution in [0.25, 0.3) is 0 Å². The van der Waals surface area contributed by atoms with Crippen molar-refractivity contribution in [2.45, 2.75) is 71.8 Å². The molecule has 172 valence electrons. The molecule has 2 amide bonds. The average Bonchev–Trinajstić information content (AvgIpc) is 2.83. The highest BCUT2D eigenvalue weighted by atomic mass is 16.2. The molecule has 1 aliphatic heterocycles. The predicted octanol–water partition coefficient (Wildman–Crippen LogP) is 5.80. The van der Waals surface area contributed by atoms with Crippen LogP contribution in [-0.2, 0) is 6.42 Å². The Morgan fingerprint density at radius 2 is 1.69 bits per heavy atom. The van der Waals surface area contributed by atoms with Gasteiger partial charge in [0.15, 0.2) is 0 Å². The van der Waals surface area contributed by atoms with Gasteiger partial charge in [-0.05, 0) is 81.3 Å². The number of rotatable bonds is 9. The number of anilines is 2. The van der Waals surface area contributed by atoms with Crippen LogP contribution in [0.3, 0.4) is 0 Å². The van der Waals surface area contributed by atoms with Gasteiger partial charge >= 0.3 is 0 Å². The Labute approximate surface area is 192 Å². The van der Waals surface area contributed by atoms with Gasteiger partial charge in [-0.25, -0.2) is 0 Å². The second kappa shape index (κ2) is 11.7. The normalized spacial score (nSPS) is 14.7. The Balaban J connectivity index is 1.79. The summed E-state index contributed by atoms with van der Waals surface area (Å²) in [5.74, 6) is -0.248. The van der Waals surface area contributed by atoms with E-state index in [9.17, 15) is 9.59 Å². The van der Waals surface area contributed by atoms with E-state index in [2.05, 4.69) is 29.4 Å². The molecule has 1 saturated heterocycles. The average molecular weight is 436 g/mol. The summed E-state index contributed by atoms with van der Waals surface area (Å²) in [5.41, 5.74) is 4.08. The van der Waals surface area contributed by atoms with Gasteiger partial charge in [-0.1, -0.05) is 32.4 Å². The van der Waals surface area contributed by atoms with Gasteiger partial charge in [0.1, 0.15) is 0 Å². The van der Waals surface area contributed by atoms with Gasteiger partial charge in [0.05, 0.1) is 5.56 Å². The molecule has 1 atom stereocenters. The molecule has 0 aromatic heterocycles. The van der Waals surface area contributed by atoms with Gasteiger partial charge in [0, 0.05) is 36.1 Å². The van der Waals surface area contributed by atoms with E-state index < -0.39 is 0 Å². The maximum atomic E-state index is 13.1. The Morgan fingerprint density at radius 3 is 2.34 bits per heavy atom. The maximum Gasteiger partial charge on any atom is 0.255 e. The fraction of sp³-hybridized carbons (Fsp3) is 0.481. The molecule has 1 heterocycles. The van der Waals surface area contributed by atoms with E-state index in [0.717, 1.165) is 57.3 Å². The topological polar surface area (TPSA) is 61.4 Å². The summed E-state index contributed by atoms with van der Waals surface area (Å²) in [6.45, 7) is 8.16. The SMILES string of the molecule is CCCCc1ccc(C(=O)Nc2ccc(N3CCCCC3)c(C(=O)N[C@@H](C)CC)c2)cc1. The minimum absolute atomic E-state index is 0.0868. The molecule has 32 heavy (non-hydrogen) atoms. The van der Waals surface area contributed by atoms with Crippen molar-refractivity contribution >= 4 is 23.2 Å². The molecular weight excluding hydrogens is 398 g/mol. The van der Waals surface area contributed by atoms with Gasteiger partial charge in [-0.2, -0.15) is 0 Å². The highest BCUT2D eigenvalue weighted by Crippen LogP contribution is 2.28. The van der Waals surface area contributed by atoms with Crippen molar-refractivity contribution in [3.8, 4) is 0 Å².